The summed E-state index contributed by atoms with van der Waals surface area (Å²) in [5, 5.41) is 0. The van der Waals surface area contributed by atoms with E-state index >= 15 is 0 Å². The van der Waals surface area contributed by atoms with Crippen molar-refractivity contribution in [1.82, 2.24) is 4.90 Å². The number of benzene rings is 1. The van der Waals surface area contributed by atoms with Gasteiger partial charge in [-0.2, -0.15) is 0 Å². The first-order valence-corrected chi connectivity index (χ1v) is 8.60. The smallest absolute Gasteiger partial charge is 0.191 e. The highest BCUT2D eigenvalue weighted by Gasteiger charge is 2.16. The summed E-state index contributed by atoms with van der Waals surface area (Å²) in [4.78, 5) is 6.77. The van der Waals surface area contributed by atoms with Gasteiger partial charge in [-0.25, -0.2) is 4.99 Å². The Morgan fingerprint density at radius 2 is 1.91 bits per heavy atom. The monoisotopic (exact) mass is 317 g/mol. The third-order valence-corrected chi connectivity index (χ3v) is 4.19. The van der Waals surface area contributed by atoms with E-state index in [0.717, 1.165) is 19.0 Å². The van der Waals surface area contributed by atoms with Gasteiger partial charge in [0.2, 0.25) is 0 Å². The third kappa shape index (κ3) is 6.22. The molecule has 1 fully saturated rings. The Hall–Kier alpha value is -1.55. The fourth-order valence-electron chi connectivity index (χ4n) is 2.63. The lowest BCUT2D eigenvalue weighted by Crippen LogP contribution is -2.42. The molecule has 0 radical (unpaired) electrons. The zero-order chi connectivity index (χ0) is 16.9. The highest BCUT2D eigenvalue weighted by Crippen LogP contribution is 2.16. The molecule has 1 saturated heterocycles. The minimum absolute atomic E-state index is 0.121. The Labute approximate surface area is 140 Å². The summed E-state index contributed by atoms with van der Waals surface area (Å²) >= 11 is 0. The number of nitrogens with zero attached hydrogens (tertiary/aromatic N) is 2. The van der Waals surface area contributed by atoms with Crippen LogP contribution in [0.15, 0.2) is 29.3 Å². The van der Waals surface area contributed by atoms with E-state index in [4.69, 9.17) is 10.5 Å². The van der Waals surface area contributed by atoms with Gasteiger partial charge >= 0.3 is 0 Å². The molecule has 4 heteroatoms. The van der Waals surface area contributed by atoms with Gasteiger partial charge in [0, 0.05) is 13.1 Å². The number of rotatable bonds is 4. The molecule has 0 amide bonds. The molecule has 2 N–H and O–H groups in total. The normalized spacial score (nSPS) is 17.6. The van der Waals surface area contributed by atoms with Crippen LogP contribution in [-0.4, -0.2) is 29.6 Å². The Kier molecular flexibility index (Phi) is 6.05. The van der Waals surface area contributed by atoms with Crippen molar-refractivity contribution >= 4 is 5.96 Å². The molecule has 0 bridgehead atoms. The van der Waals surface area contributed by atoms with Crippen LogP contribution in [0.5, 0.6) is 0 Å². The van der Waals surface area contributed by atoms with Crippen LogP contribution in [0, 0.1) is 5.92 Å². The van der Waals surface area contributed by atoms with E-state index in [0.29, 0.717) is 19.1 Å². The molecule has 0 atom stereocenters. The number of likely N-dealkylation sites (tertiary alicyclic amines) is 1. The van der Waals surface area contributed by atoms with Crippen LogP contribution in [0.1, 0.15) is 51.7 Å². The number of nitrogens with two attached hydrogens (primary N) is 1. The lowest BCUT2D eigenvalue weighted by Gasteiger charge is -2.31. The predicted molar refractivity (Wildman–Crippen MR) is 96.3 cm³/mol. The van der Waals surface area contributed by atoms with Crippen LogP contribution < -0.4 is 5.73 Å². The first kappa shape index (κ1) is 17.8. The molecule has 0 saturated carbocycles. The van der Waals surface area contributed by atoms with Crippen LogP contribution in [0.25, 0.3) is 0 Å². The maximum atomic E-state index is 6.15. The van der Waals surface area contributed by atoms with Crippen molar-refractivity contribution in [1.29, 1.82) is 0 Å². The number of hydrogen-bond acceptors (Lipinski definition) is 2. The number of piperidine rings is 1. The lowest BCUT2D eigenvalue weighted by atomic mass is 10.00. The van der Waals surface area contributed by atoms with E-state index in [1.54, 1.807) is 0 Å². The highest BCUT2D eigenvalue weighted by atomic mass is 16.5. The van der Waals surface area contributed by atoms with Crippen LogP contribution in [0.3, 0.4) is 0 Å². The molecular formula is C19H31N3O. The molecule has 0 spiro atoms. The van der Waals surface area contributed by atoms with E-state index in [1.165, 1.54) is 24.0 Å². The van der Waals surface area contributed by atoms with Crippen LogP contribution in [0.2, 0.25) is 0 Å². The van der Waals surface area contributed by atoms with E-state index in [1.807, 2.05) is 0 Å². The summed E-state index contributed by atoms with van der Waals surface area (Å²) in [7, 11) is 0. The zero-order valence-electron chi connectivity index (χ0n) is 15.0. The Morgan fingerprint density at radius 1 is 1.26 bits per heavy atom. The topological polar surface area (TPSA) is 50.8 Å². The van der Waals surface area contributed by atoms with E-state index in [-0.39, 0.29) is 5.60 Å². The number of aliphatic imine (C=N–C) groups is 1. The van der Waals surface area contributed by atoms with Gasteiger partial charge in [0.15, 0.2) is 5.96 Å². The van der Waals surface area contributed by atoms with Gasteiger partial charge in [-0.05, 0) is 50.7 Å². The predicted octanol–water partition coefficient (Wildman–Crippen LogP) is 3.55. The van der Waals surface area contributed by atoms with Crippen molar-refractivity contribution in [2.45, 2.75) is 59.3 Å². The quantitative estimate of drug-likeness (QED) is 0.682. The van der Waals surface area contributed by atoms with Gasteiger partial charge in [-0.15, -0.1) is 0 Å². The summed E-state index contributed by atoms with van der Waals surface area (Å²) in [6, 6.07) is 8.40. The lowest BCUT2D eigenvalue weighted by molar-refractivity contribution is -0.0149. The van der Waals surface area contributed by atoms with E-state index in [2.05, 4.69) is 61.9 Å². The number of hydrogen-bond donors (Lipinski definition) is 1. The van der Waals surface area contributed by atoms with Gasteiger partial charge in [-0.1, -0.05) is 31.2 Å². The van der Waals surface area contributed by atoms with Gasteiger partial charge in [0.1, 0.15) is 0 Å². The Bertz CT molecular complexity index is 526. The highest BCUT2D eigenvalue weighted by molar-refractivity contribution is 5.78. The van der Waals surface area contributed by atoms with Gasteiger partial charge in [0.25, 0.3) is 0 Å². The molecule has 1 aliphatic rings. The standard InChI is InChI=1S/C19H31N3O/c1-15-8-10-22(11-9-15)18(20)21-13-16-6-5-7-17(12-16)14-23-19(2,3)4/h5-7,12,15H,8-11,13-14H2,1-4H3,(H2,20,21). The van der Waals surface area contributed by atoms with Crippen molar-refractivity contribution in [3.05, 3.63) is 35.4 Å². The molecular weight excluding hydrogens is 286 g/mol. The number of ether oxygens (including phenoxy) is 1. The van der Waals surface area contributed by atoms with Crippen LogP contribution in [0.4, 0.5) is 0 Å². The summed E-state index contributed by atoms with van der Waals surface area (Å²) in [6.07, 6.45) is 2.41. The summed E-state index contributed by atoms with van der Waals surface area (Å²) in [5.41, 5.74) is 8.38. The SMILES string of the molecule is CC1CCN(C(N)=NCc2cccc(COC(C)(C)C)c2)CC1. The van der Waals surface area contributed by atoms with Crippen molar-refractivity contribution in [2.24, 2.45) is 16.6 Å². The minimum atomic E-state index is -0.121. The second kappa shape index (κ2) is 7.82. The van der Waals surface area contributed by atoms with E-state index in [9.17, 15) is 0 Å². The molecule has 2 rings (SSSR count). The Morgan fingerprint density at radius 3 is 2.57 bits per heavy atom. The maximum absolute atomic E-state index is 6.15. The summed E-state index contributed by atoms with van der Waals surface area (Å²) in [5.74, 6) is 1.48. The molecule has 1 aromatic carbocycles. The average molecular weight is 317 g/mol. The fraction of sp³-hybridized carbons (Fsp3) is 0.632. The molecule has 1 aliphatic heterocycles. The average Bonchev–Trinajstić information content (AvgIpc) is 2.51. The number of guanidine groups is 1. The van der Waals surface area contributed by atoms with Crippen molar-refractivity contribution in [3.63, 3.8) is 0 Å². The maximum Gasteiger partial charge on any atom is 0.191 e. The zero-order valence-corrected chi connectivity index (χ0v) is 15.0. The van der Waals surface area contributed by atoms with Gasteiger partial charge in [0.05, 0.1) is 18.8 Å². The second-order valence-electron chi connectivity index (χ2n) is 7.56. The molecule has 23 heavy (non-hydrogen) atoms. The van der Waals surface area contributed by atoms with E-state index < -0.39 is 0 Å². The third-order valence-electron chi connectivity index (χ3n) is 4.19. The summed E-state index contributed by atoms with van der Waals surface area (Å²) in [6.45, 7) is 11.8. The Balaban J connectivity index is 1.91. The largest absolute Gasteiger partial charge is 0.371 e. The van der Waals surface area contributed by atoms with Crippen LogP contribution in [-0.2, 0) is 17.9 Å². The molecule has 128 valence electrons. The molecule has 4 nitrogen and oxygen atoms in total. The second-order valence-corrected chi connectivity index (χ2v) is 7.56. The fourth-order valence-corrected chi connectivity index (χ4v) is 2.63. The first-order valence-electron chi connectivity index (χ1n) is 8.60. The van der Waals surface area contributed by atoms with Crippen molar-refractivity contribution in [3.8, 4) is 0 Å². The van der Waals surface area contributed by atoms with Crippen molar-refractivity contribution in [2.75, 3.05) is 13.1 Å². The van der Waals surface area contributed by atoms with Crippen LogP contribution >= 0.6 is 0 Å². The molecule has 1 heterocycles. The molecule has 1 aromatic rings. The molecule has 0 aliphatic carbocycles. The van der Waals surface area contributed by atoms with Gasteiger partial charge < -0.3 is 15.4 Å². The summed E-state index contributed by atoms with van der Waals surface area (Å²) < 4.78 is 5.83. The van der Waals surface area contributed by atoms with Gasteiger partial charge in [-0.3, -0.25) is 0 Å². The van der Waals surface area contributed by atoms with Crippen molar-refractivity contribution < 1.29 is 4.74 Å². The first-order chi connectivity index (χ1) is 10.8. The molecule has 0 aromatic heterocycles. The minimum Gasteiger partial charge on any atom is -0.371 e. The molecule has 0 unspecified atom stereocenters.